The highest BCUT2D eigenvalue weighted by Gasteiger charge is 2.23. The molecule has 2 aromatic rings. The minimum absolute atomic E-state index is 0.511. The zero-order valence-electron chi connectivity index (χ0n) is 12.0. The molecule has 0 saturated carbocycles. The Morgan fingerprint density at radius 3 is 2.45 bits per heavy atom. The van der Waals surface area contributed by atoms with Gasteiger partial charge in [-0.1, -0.05) is 18.2 Å². The lowest BCUT2D eigenvalue weighted by Crippen LogP contribution is -2.28. The average Bonchev–Trinajstić information content (AvgIpc) is 2.46. The number of nitrogens with one attached hydrogen (secondary N) is 1. The quantitative estimate of drug-likeness (QED) is 0.918. The van der Waals surface area contributed by atoms with Crippen molar-refractivity contribution in [3.63, 3.8) is 0 Å². The predicted octanol–water partition coefficient (Wildman–Crippen LogP) is 3.01. The Labute approximate surface area is 127 Å². The van der Waals surface area contributed by atoms with Crippen molar-refractivity contribution < 1.29 is 21.9 Å². The third-order valence-electron chi connectivity index (χ3n) is 3.12. The highest BCUT2D eigenvalue weighted by Crippen LogP contribution is 2.26. The van der Waals surface area contributed by atoms with Crippen LogP contribution in [0.25, 0.3) is 0 Å². The minimum Gasteiger partial charge on any atom is -0.496 e. The van der Waals surface area contributed by atoms with Crippen LogP contribution in [0.3, 0.4) is 0 Å². The molecule has 0 aliphatic heterocycles. The van der Waals surface area contributed by atoms with Gasteiger partial charge >= 0.3 is 0 Å². The summed E-state index contributed by atoms with van der Waals surface area (Å²) in [6, 6.07) is 8.55. The Bertz CT molecular complexity index is 778. The van der Waals surface area contributed by atoms with E-state index in [9.17, 15) is 17.2 Å². The molecule has 0 fully saturated rings. The van der Waals surface area contributed by atoms with Crippen LogP contribution < -0.4 is 9.46 Å². The fourth-order valence-electron chi connectivity index (χ4n) is 2.08. The second kappa shape index (κ2) is 6.41. The van der Waals surface area contributed by atoms with E-state index in [1.807, 2.05) is 0 Å². The largest absolute Gasteiger partial charge is 0.496 e. The van der Waals surface area contributed by atoms with Crippen molar-refractivity contribution in [3.05, 3.63) is 59.7 Å². The van der Waals surface area contributed by atoms with E-state index in [0.717, 1.165) is 12.1 Å². The molecule has 0 amide bonds. The number of sulfonamides is 1. The first-order chi connectivity index (χ1) is 10.3. The molecular formula is C15H15F2NO3S. The Morgan fingerprint density at radius 2 is 1.82 bits per heavy atom. The molecule has 118 valence electrons. The fraction of sp³-hybridized carbons (Fsp3) is 0.200. The molecule has 2 rings (SSSR count). The van der Waals surface area contributed by atoms with Gasteiger partial charge in [-0.25, -0.2) is 21.9 Å². The van der Waals surface area contributed by atoms with Gasteiger partial charge in [-0.15, -0.1) is 0 Å². The van der Waals surface area contributed by atoms with E-state index in [2.05, 4.69) is 4.72 Å². The molecule has 0 spiro atoms. The SMILES string of the molecule is COc1ccccc1C(C)NS(=O)(=O)c1ccc(F)cc1F. The molecule has 0 bridgehead atoms. The number of ether oxygens (including phenoxy) is 1. The van der Waals surface area contributed by atoms with Crippen molar-refractivity contribution in [2.24, 2.45) is 0 Å². The van der Waals surface area contributed by atoms with Gasteiger partial charge in [0.1, 0.15) is 22.3 Å². The zero-order chi connectivity index (χ0) is 16.3. The molecule has 0 radical (unpaired) electrons. The minimum atomic E-state index is -4.13. The van der Waals surface area contributed by atoms with Gasteiger partial charge in [0.2, 0.25) is 10.0 Å². The van der Waals surface area contributed by atoms with Gasteiger partial charge in [-0.05, 0) is 25.1 Å². The van der Waals surface area contributed by atoms with E-state index in [4.69, 9.17) is 4.74 Å². The summed E-state index contributed by atoms with van der Waals surface area (Å²) in [5, 5.41) is 0. The molecule has 2 aromatic carbocycles. The van der Waals surface area contributed by atoms with E-state index in [0.29, 0.717) is 17.4 Å². The number of hydrogen-bond acceptors (Lipinski definition) is 3. The number of para-hydroxylation sites is 1. The summed E-state index contributed by atoms with van der Waals surface area (Å²) in [5.74, 6) is -1.47. The van der Waals surface area contributed by atoms with Crippen LogP contribution in [0.1, 0.15) is 18.5 Å². The Morgan fingerprint density at radius 1 is 1.14 bits per heavy atom. The number of hydrogen-bond donors (Lipinski definition) is 1. The lowest BCUT2D eigenvalue weighted by Gasteiger charge is -2.17. The van der Waals surface area contributed by atoms with Gasteiger partial charge < -0.3 is 4.74 Å². The van der Waals surface area contributed by atoms with Crippen LogP contribution in [0.5, 0.6) is 5.75 Å². The Hall–Kier alpha value is -1.99. The molecule has 1 N–H and O–H groups in total. The third-order valence-corrected chi connectivity index (χ3v) is 4.69. The van der Waals surface area contributed by atoms with Gasteiger partial charge in [-0.2, -0.15) is 0 Å². The van der Waals surface area contributed by atoms with Crippen LogP contribution in [-0.2, 0) is 10.0 Å². The molecule has 0 aromatic heterocycles. The van der Waals surface area contributed by atoms with Crippen LogP contribution in [0.4, 0.5) is 8.78 Å². The van der Waals surface area contributed by atoms with E-state index in [1.165, 1.54) is 7.11 Å². The summed E-state index contributed by atoms with van der Waals surface area (Å²) >= 11 is 0. The number of benzene rings is 2. The van der Waals surface area contributed by atoms with Crippen molar-refractivity contribution in [3.8, 4) is 5.75 Å². The maximum Gasteiger partial charge on any atom is 0.244 e. The fourth-order valence-corrected chi connectivity index (χ4v) is 3.36. The van der Waals surface area contributed by atoms with E-state index < -0.39 is 32.6 Å². The first kappa shape index (κ1) is 16.4. The summed E-state index contributed by atoms with van der Waals surface area (Å²) in [6.45, 7) is 1.61. The molecule has 7 heteroatoms. The smallest absolute Gasteiger partial charge is 0.244 e. The number of rotatable bonds is 5. The Balaban J connectivity index is 2.32. The Kier molecular flexibility index (Phi) is 4.77. The average molecular weight is 327 g/mol. The van der Waals surface area contributed by atoms with Gasteiger partial charge in [0, 0.05) is 17.7 Å². The number of halogens is 2. The van der Waals surface area contributed by atoms with E-state index >= 15 is 0 Å². The zero-order valence-corrected chi connectivity index (χ0v) is 12.8. The van der Waals surface area contributed by atoms with Gasteiger partial charge in [-0.3, -0.25) is 0 Å². The van der Waals surface area contributed by atoms with Gasteiger partial charge in [0.05, 0.1) is 7.11 Å². The first-order valence-corrected chi connectivity index (χ1v) is 7.94. The molecule has 0 saturated heterocycles. The summed E-state index contributed by atoms with van der Waals surface area (Å²) in [6.07, 6.45) is 0. The van der Waals surface area contributed by atoms with Crippen LogP contribution in [-0.4, -0.2) is 15.5 Å². The summed E-state index contributed by atoms with van der Waals surface area (Å²) in [4.78, 5) is -0.601. The molecule has 4 nitrogen and oxygen atoms in total. The maximum absolute atomic E-state index is 13.7. The summed E-state index contributed by atoms with van der Waals surface area (Å²) in [7, 11) is -2.66. The second-order valence-corrected chi connectivity index (χ2v) is 6.34. The first-order valence-electron chi connectivity index (χ1n) is 6.45. The third kappa shape index (κ3) is 3.42. The highest BCUT2D eigenvalue weighted by molar-refractivity contribution is 7.89. The van der Waals surface area contributed by atoms with Gasteiger partial charge in [0.25, 0.3) is 0 Å². The highest BCUT2D eigenvalue weighted by atomic mass is 32.2. The van der Waals surface area contributed by atoms with E-state index in [-0.39, 0.29) is 0 Å². The van der Waals surface area contributed by atoms with E-state index in [1.54, 1.807) is 31.2 Å². The van der Waals surface area contributed by atoms with Crippen molar-refractivity contribution >= 4 is 10.0 Å². The summed E-state index contributed by atoms with van der Waals surface area (Å²) in [5.41, 5.74) is 0.607. The molecule has 22 heavy (non-hydrogen) atoms. The molecule has 0 aliphatic carbocycles. The normalized spacial score (nSPS) is 12.9. The lowest BCUT2D eigenvalue weighted by molar-refractivity contribution is 0.405. The summed E-state index contributed by atoms with van der Waals surface area (Å²) < 4.78 is 58.5. The second-order valence-electron chi connectivity index (χ2n) is 4.66. The standard InChI is InChI=1S/C15H15F2NO3S/c1-10(12-5-3-4-6-14(12)21-2)18-22(19,20)15-8-7-11(16)9-13(15)17/h3-10,18H,1-2H3. The van der Waals surface area contributed by atoms with Crippen molar-refractivity contribution in [2.75, 3.05) is 7.11 Å². The van der Waals surface area contributed by atoms with Crippen molar-refractivity contribution in [1.82, 2.24) is 4.72 Å². The topological polar surface area (TPSA) is 55.4 Å². The monoisotopic (exact) mass is 327 g/mol. The lowest BCUT2D eigenvalue weighted by atomic mass is 10.1. The van der Waals surface area contributed by atoms with Crippen LogP contribution >= 0.6 is 0 Å². The maximum atomic E-state index is 13.7. The van der Waals surface area contributed by atoms with Crippen molar-refractivity contribution in [1.29, 1.82) is 0 Å². The van der Waals surface area contributed by atoms with Crippen LogP contribution in [0.2, 0.25) is 0 Å². The molecular weight excluding hydrogens is 312 g/mol. The van der Waals surface area contributed by atoms with Crippen LogP contribution in [0, 0.1) is 11.6 Å². The molecule has 0 heterocycles. The molecule has 1 atom stereocenters. The molecule has 0 aliphatic rings. The predicted molar refractivity (Wildman–Crippen MR) is 78.1 cm³/mol. The number of methoxy groups -OCH3 is 1. The molecule has 1 unspecified atom stereocenters. The van der Waals surface area contributed by atoms with Gasteiger partial charge in [0.15, 0.2) is 0 Å². The van der Waals surface area contributed by atoms with Crippen LogP contribution in [0.15, 0.2) is 47.4 Å². The van der Waals surface area contributed by atoms with Crippen molar-refractivity contribution in [2.45, 2.75) is 17.9 Å².